The SMILES string of the molecule is CCCCNc1ccc(NC(=O)c2cc3nc(C(F)(F)F)ccc3n2Cc2cccc(F)c2)cn1. The molecule has 2 N–H and O–H groups in total. The summed E-state index contributed by atoms with van der Waals surface area (Å²) in [6.45, 7) is 2.93. The fraction of sp³-hybridized carbons (Fsp3) is 0.240. The Morgan fingerprint density at radius 2 is 1.91 bits per heavy atom. The molecule has 35 heavy (non-hydrogen) atoms. The van der Waals surface area contributed by atoms with Crippen molar-refractivity contribution in [3.63, 3.8) is 0 Å². The number of rotatable bonds is 8. The highest BCUT2D eigenvalue weighted by molar-refractivity contribution is 6.06. The van der Waals surface area contributed by atoms with Crippen molar-refractivity contribution >= 4 is 28.4 Å². The van der Waals surface area contributed by atoms with Gasteiger partial charge in [-0.05, 0) is 54.4 Å². The van der Waals surface area contributed by atoms with Gasteiger partial charge >= 0.3 is 6.18 Å². The molecule has 3 heterocycles. The van der Waals surface area contributed by atoms with Crippen LogP contribution in [-0.4, -0.2) is 27.0 Å². The molecule has 4 rings (SSSR count). The van der Waals surface area contributed by atoms with E-state index in [9.17, 15) is 22.4 Å². The van der Waals surface area contributed by atoms with E-state index < -0.39 is 23.6 Å². The number of carbonyl (C=O) groups is 1. The molecule has 182 valence electrons. The molecule has 0 unspecified atom stereocenters. The number of nitrogens with zero attached hydrogens (tertiary/aromatic N) is 3. The molecule has 0 bridgehead atoms. The predicted octanol–water partition coefficient (Wildman–Crippen LogP) is 6.10. The average Bonchev–Trinajstić information content (AvgIpc) is 3.18. The van der Waals surface area contributed by atoms with Crippen molar-refractivity contribution in [3.8, 4) is 0 Å². The van der Waals surface area contributed by atoms with Gasteiger partial charge in [0.15, 0.2) is 0 Å². The van der Waals surface area contributed by atoms with Gasteiger partial charge in [-0.1, -0.05) is 25.5 Å². The maximum absolute atomic E-state index is 13.7. The van der Waals surface area contributed by atoms with Crippen LogP contribution in [0, 0.1) is 5.82 Å². The zero-order valence-corrected chi connectivity index (χ0v) is 18.9. The van der Waals surface area contributed by atoms with E-state index in [0.29, 0.717) is 22.6 Å². The Kier molecular flexibility index (Phi) is 6.99. The summed E-state index contributed by atoms with van der Waals surface area (Å²) in [5, 5.41) is 5.90. The second kappa shape index (κ2) is 10.1. The number of benzene rings is 1. The third-order valence-electron chi connectivity index (χ3n) is 5.37. The molecule has 6 nitrogen and oxygen atoms in total. The van der Waals surface area contributed by atoms with Gasteiger partial charge in [-0.3, -0.25) is 4.79 Å². The summed E-state index contributed by atoms with van der Waals surface area (Å²) in [5.41, 5.74) is 0.315. The first-order valence-electron chi connectivity index (χ1n) is 11.1. The summed E-state index contributed by atoms with van der Waals surface area (Å²) < 4.78 is 54.8. The first kappa shape index (κ1) is 24.2. The molecule has 1 amide bonds. The van der Waals surface area contributed by atoms with E-state index >= 15 is 0 Å². The zero-order chi connectivity index (χ0) is 25.0. The van der Waals surface area contributed by atoms with Crippen molar-refractivity contribution in [1.82, 2.24) is 14.5 Å². The molecule has 0 saturated heterocycles. The van der Waals surface area contributed by atoms with Crippen molar-refractivity contribution in [2.45, 2.75) is 32.5 Å². The minimum absolute atomic E-state index is 0.00924. The summed E-state index contributed by atoms with van der Waals surface area (Å²) in [4.78, 5) is 21.1. The fourth-order valence-corrected chi connectivity index (χ4v) is 3.63. The number of nitrogens with one attached hydrogen (secondary N) is 2. The minimum Gasteiger partial charge on any atom is -0.370 e. The normalized spacial score (nSPS) is 11.6. The van der Waals surface area contributed by atoms with E-state index in [4.69, 9.17) is 0 Å². The molecule has 3 aromatic heterocycles. The number of aromatic nitrogens is 3. The molecule has 0 atom stereocenters. The Morgan fingerprint density at radius 1 is 1.09 bits per heavy atom. The standard InChI is InChI=1S/C25H23F4N5O/c1-2-3-11-30-23-10-7-18(14-31-23)32-24(35)21-13-19-20(8-9-22(33-19)25(27,28)29)34(21)15-16-5-4-6-17(26)12-16/h4-10,12-14H,2-3,11,15H2,1H3,(H,30,31)(H,32,35). The lowest BCUT2D eigenvalue weighted by Gasteiger charge is -2.12. The highest BCUT2D eigenvalue weighted by Gasteiger charge is 2.33. The van der Waals surface area contributed by atoms with E-state index in [1.165, 1.54) is 41.1 Å². The number of carbonyl (C=O) groups excluding carboxylic acids is 1. The highest BCUT2D eigenvalue weighted by atomic mass is 19.4. The number of alkyl halides is 3. The lowest BCUT2D eigenvalue weighted by atomic mass is 10.2. The van der Waals surface area contributed by atoms with Gasteiger partial charge in [-0.2, -0.15) is 13.2 Å². The van der Waals surface area contributed by atoms with Crippen molar-refractivity contribution in [2.24, 2.45) is 0 Å². The molecule has 0 aliphatic rings. The van der Waals surface area contributed by atoms with Crippen LogP contribution in [0.5, 0.6) is 0 Å². The van der Waals surface area contributed by atoms with Crippen LogP contribution in [0.15, 0.2) is 60.8 Å². The van der Waals surface area contributed by atoms with Crippen molar-refractivity contribution < 1.29 is 22.4 Å². The number of pyridine rings is 2. The Labute approximate surface area is 199 Å². The Hall–Kier alpha value is -3.95. The summed E-state index contributed by atoms with van der Waals surface area (Å²) in [6.07, 6.45) is -1.09. The van der Waals surface area contributed by atoms with Crippen LogP contribution in [0.2, 0.25) is 0 Å². The maximum atomic E-state index is 13.7. The van der Waals surface area contributed by atoms with E-state index in [1.807, 2.05) is 0 Å². The number of anilines is 2. The lowest BCUT2D eigenvalue weighted by molar-refractivity contribution is -0.140. The van der Waals surface area contributed by atoms with Crippen LogP contribution < -0.4 is 10.6 Å². The number of halogens is 4. The van der Waals surface area contributed by atoms with Gasteiger partial charge in [0.1, 0.15) is 23.0 Å². The van der Waals surface area contributed by atoms with Crippen LogP contribution in [0.1, 0.15) is 41.5 Å². The van der Waals surface area contributed by atoms with Gasteiger partial charge in [-0.15, -0.1) is 0 Å². The molecule has 4 aromatic rings. The van der Waals surface area contributed by atoms with Gasteiger partial charge in [-0.25, -0.2) is 14.4 Å². The number of hydrogen-bond donors (Lipinski definition) is 2. The van der Waals surface area contributed by atoms with Gasteiger partial charge in [0.05, 0.1) is 22.9 Å². The number of hydrogen-bond acceptors (Lipinski definition) is 4. The summed E-state index contributed by atoms with van der Waals surface area (Å²) >= 11 is 0. The van der Waals surface area contributed by atoms with Crippen LogP contribution in [0.4, 0.5) is 29.1 Å². The smallest absolute Gasteiger partial charge is 0.370 e. The molecule has 0 aliphatic heterocycles. The predicted molar refractivity (Wildman–Crippen MR) is 126 cm³/mol. The van der Waals surface area contributed by atoms with Gasteiger partial charge < -0.3 is 15.2 Å². The van der Waals surface area contributed by atoms with Crippen molar-refractivity contribution in [2.75, 3.05) is 17.2 Å². The van der Waals surface area contributed by atoms with E-state index in [-0.39, 0.29) is 17.8 Å². The summed E-state index contributed by atoms with van der Waals surface area (Å²) in [5.74, 6) is -0.344. The van der Waals surface area contributed by atoms with Gasteiger partial charge in [0.25, 0.3) is 5.91 Å². The molecule has 0 spiro atoms. The van der Waals surface area contributed by atoms with Crippen LogP contribution in [0.3, 0.4) is 0 Å². The molecule has 0 aliphatic carbocycles. The van der Waals surface area contributed by atoms with Crippen LogP contribution >= 0.6 is 0 Å². The van der Waals surface area contributed by atoms with Gasteiger partial charge in [0, 0.05) is 13.1 Å². The van der Waals surface area contributed by atoms with Crippen molar-refractivity contribution in [3.05, 3.63) is 83.6 Å². The quantitative estimate of drug-likeness (QED) is 0.234. The molecular weight excluding hydrogens is 462 g/mol. The monoisotopic (exact) mass is 485 g/mol. The fourth-order valence-electron chi connectivity index (χ4n) is 3.63. The Bertz CT molecular complexity index is 1330. The largest absolute Gasteiger partial charge is 0.433 e. The first-order chi connectivity index (χ1) is 16.7. The minimum atomic E-state index is -4.63. The topological polar surface area (TPSA) is 71.8 Å². The Balaban J connectivity index is 1.65. The molecule has 0 saturated carbocycles. The summed E-state index contributed by atoms with van der Waals surface area (Å²) in [7, 11) is 0. The van der Waals surface area contributed by atoms with E-state index in [2.05, 4.69) is 27.5 Å². The average molecular weight is 485 g/mol. The maximum Gasteiger partial charge on any atom is 0.433 e. The third kappa shape index (κ3) is 5.76. The molecule has 0 fully saturated rings. The first-order valence-corrected chi connectivity index (χ1v) is 11.1. The molecular formula is C25H23F4N5O. The van der Waals surface area contributed by atoms with E-state index in [1.54, 1.807) is 18.2 Å². The van der Waals surface area contributed by atoms with Crippen LogP contribution in [0.25, 0.3) is 11.0 Å². The number of unbranched alkanes of at least 4 members (excludes halogenated alkanes) is 1. The van der Waals surface area contributed by atoms with Gasteiger partial charge in [0.2, 0.25) is 0 Å². The molecule has 0 radical (unpaired) electrons. The second-order valence-corrected chi connectivity index (χ2v) is 8.01. The Morgan fingerprint density at radius 3 is 2.60 bits per heavy atom. The number of fused-ring (bicyclic) bond motifs is 1. The van der Waals surface area contributed by atoms with Crippen molar-refractivity contribution in [1.29, 1.82) is 0 Å². The highest BCUT2D eigenvalue weighted by Crippen LogP contribution is 2.30. The van der Waals surface area contributed by atoms with Crippen LogP contribution in [-0.2, 0) is 12.7 Å². The lowest BCUT2D eigenvalue weighted by Crippen LogP contribution is -2.17. The summed E-state index contributed by atoms with van der Waals surface area (Å²) in [6, 6.07) is 12.6. The van der Waals surface area contributed by atoms with E-state index in [0.717, 1.165) is 25.5 Å². The molecule has 1 aromatic carbocycles. The zero-order valence-electron chi connectivity index (χ0n) is 18.9. The molecule has 10 heteroatoms. The third-order valence-corrected chi connectivity index (χ3v) is 5.37. The number of amides is 1. The second-order valence-electron chi connectivity index (χ2n) is 8.01.